The van der Waals surface area contributed by atoms with E-state index in [-0.39, 0.29) is 10.5 Å². The number of rotatable bonds is 4. The van der Waals surface area contributed by atoms with Crippen LogP contribution in [0.1, 0.15) is 41.6 Å². The fourth-order valence-corrected chi connectivity index (χ4v) is 4.64. The maximum atomic E-state index is 12.1. The Morgan fingerprint density at radius 2 is 2.00 bits per heavy atom. The number of carbonyl (C=O) groups excluding carboxylic acids is 1. The van der Waals surface area contributed by atoms with Gasteiger partial charge in [-0.15, -0.1) is 0 Å². The van der Waals surface area contributed by atoms with Crippen molar-refractivity contribution in [3.05, 3.63) is 27.7 Å². The maximum Gasteiger partial charge on any atom is 0.338 e. The van der Waals surface area contributed by atoms with Gasteiger partial charge in [-0.2, -0.15) is 0 Å². The lowest BCUT2D eigenvalue weighted by Gasteiger charge is -2.12. The first-order valence-electron chi connectivity index (χ1n) is 6.71. The van der Waals surface area contributed by atoms with Crippen molar-refractivity contribution in [2.24, 2.45) is 5.92 Å². The molecule has 0 spiro atoms. The Labute approximate surface area is 137 Å². The van der Waals surface area contributed by atoms with E-state index in [9.17, 15) is 13.2 Å². The minimum Gasteiger partial charge on any atom is -0.462 e. The van der Waals surface area contributed by atoms with Crippen molar-refractivity contribution in [3.63, 3.8) is 0 Å². The molecule has 0 saturated heterocycles. The van der Waals surface area contributed by atoms with Crippen LogP contribution in [0.25, 0.3) is 0 Å². The highest BCUT2D eigenvalue weighted by molar-refractivity contribution is 9.10. The third kappa shape index (κ3) is 4.20. The topological polar surface area (TPSA) is 60.4 Å². The molecule has 0 N–H and O–H groups in total. The first kappa shape index (κ1) is 16.8. The van der Waals surface area contributed by atoms with Crippen molar-refractivity contribution in [1.29, 1.82) is 0 Å². The Morgan fingerprint density at radius 3 is 2.57 bits per heavy atom. The molecular formula is C14H16BrClO4S. The van der Waals surface area contributed by atoms with E-state index in [4.69, 9.17) is 15.4 Å². The van der Waals surface area contributed by atoms with E-state index in [0.717, 1.165) is 12.8 Å². The highest BCUT2D eigenvalue weighted by Crippen LogP contribution is 2.30. The quantitative estimate of drug-likeness (QED) is 0.570. The van der Waals surface area contributed by atoms with Gasteiger partial charge in [-0.05, 0) is 59.3 Å². The van der Waals surface area contributed by atoms with E-state index < -0.39 is 15.0 Å². The molecule has 0 bridgehead atoms. The molecule has 21 heavy (non-hydrogen) atoms. The van der Waals surface area contributed by atoms with E-state index >= 15 is 0 Å². The van der Waals surface area contributed by atoms with Crippen molar-refractivity contribution in [2.45, 2.75) is 37.5 Å². The van der Waals surface area contributed by atoms with E-state index in [1.807, 2.05) is 0 Å². The van der Waals surface area contributed by atoms with Crippen LogP contribution >= 0.6 is 26.6 Å². The summed E-state index contributed by atoms with van der Waals surface area (Å²) >= 11 is 3.18. The normalized spacial score (nSPS) is 16.1. The zero-order valence-corrected chi connectivity index (χ0v) is 14.7. The standard InChI is InChI=1S/C14H16BrClO4S/c1-9-6-11(7-12(13(9)15)21(16,18)19)14(17)20-8-10-4-2-3-5-10/h6-7,10H,2-5,8H2,1H3. The average molecular weight is 396 g/mol. The van der Waals surface area contributed by atoms with Crippen LogP contribution in [0, 0.1) is 12.8 Å². The second kappa shape index (κ2) is 6.67. The molecule has 0 atom stereocenters. The third-order valence-electron chi connectivity index (χ3n) is 3.64. The Kier molecular flexibility index (Phi) is 5.33. The van der Waals surface area contributed by atoms with Crippen molar-refractivity contribution in [2.75, 3.05) is 6.61 Å². The molecule has 0 amide bonds. The molecule has 1 aliphatic carbocycles. The summed E-state index contributed by atoms with van der Waals surface area (Å²) in [4.78, 5) is 12.0. The monoisotopic (exact) mass is 394 g/mol. The lowest BCUT2D eigenvalue weighted by molar-refractivity contribution is 0.0442. The summed E-state index contributed by atoms with van der Waals surface area (Å²) in [6.45, 7) is 2.08. The largest absolute Gasteiger partial charge is 0.462 e. The third-order valence-corrected chi connectivity index (χ3v) is 6.31. The minimum atomic E-state index is -3.93. The van der Waals surface area contributed by atoms with Gasteiger partial charge < -0.3 is 4.74 Å². The van der Waals surface area contributed by atoms with Crippen LogP contribution in [0.15, 0.2) is 21.5 Å². The fraction of sp³-hybridized carbons (Fsp3) is 0.500. The number of hydrogen-bond acceptors (Lipinski definition) is 4. The van der Waals surface area contributed by atoms with Crippen LogP contribution in [-0.4, -0.2) is 21.0 Å². The molecule has 4 nitrogen and oxygen atoms in total. The van der Waals surface area contributed by atoms with Crippen LogP contribution in [0.4, 0.5) is 0 Å². The van der Waals surface area contributed by atoms with Crippen LogP contribution in [0.2, 0.25) is 0 Å². The van der Waals surface area contributed by atoms with Gasteiger partial charge >= 0.3 is 5.97 Å². The second-order valence-corrected chi connectivity index (χ2v) is 8.62. The maximum absolute atomic E-state index is 12.1. The smallest absolute Gasteiger partial charge is 0.338 e. The highest BCUT2D eigenvalue weighted by atomic mass is 79.9. The molecule has 1 saturated carbocycles. The van der Waals surface area contributed by atoms with Crippen LogP contribution in [0.5, 0.6) is 0 Å². The summed E-state index contributed by atoms with van der Waals surface area (Å²) in [6.07, 6.45) is 4.50. The predicted octanol–water partition coefficient (Wildman–Crippen LogP) is 4.03. The molecule has 0 heterocycles. The summed E-state index contributed by atoms with van der Waals surface area (Å²) in [5, 5.41) is 0. The SMILES string of the molecule is Cc1cc(C(=O)OCC2CCCC2)cc(S(=O)(=O)Cl)c1Br. The molecule has 1 fully saturated rings. The molecule has 0 unspecified atom stereocenters. The number of esters is 1. The first-order valence-corrected chi connectivity index (χ1v) is 9.81. The molecule has 0 aliphatic heterocycles. The summed E-state index contributed by atoms with van der Waals surface area (Å²) in [6, 6.07) is 2.84. The van der Waals surface area contributed by atoms with Crippen molar-refractivity contribution in [3.8, 4) is 0 Å². The number of benzene rings is 1. The molecule has 0 radical (unpaired) electrons. The predicted molar refractivity (Wildman–Crippen MR) is 84.2 cm³/mol. The van der Waals surface area contributed by atoms with Crippen LogP contribution < -0.4 is 0 Å². The Morgan fingerprint density at radius 1 is 1.38 bits per heavy atom. The molecule has 1 aliphatic rings. The molecule has 1 aromatic carbocycles. The first-order chi connectivity index (χ1) is 9.79. The fourth-order valence-electron chi connectivity index (χ4n) is 2.49. The summed E-state index contributed by atoms with van der Waals surface area (Å²) < 4.78 is 28.7. The second-order valence-electron chi connectivity index (χ2n) is 5.29. The molecule has 0 aromatic heterocycles. The number of ether oxygens (including phenoxy) is 1. The highest BCUT2D eigenvalue weighted by Gasteiger charge is 2.22. The van der Waals surface area contributed by atoms with Gasteiger partial charge in [-0.3, -0.25) is 0 Å². The van der Waals surface area contributed by atoms with E-state index in [1.165, 1.54) is 18.9 Å². The van der Waals surface area contributed by atoms with Gasteiger partial charge in [0.1, 0.15) is 0 Å². The van der Waals surface area contributed by atoms with Crippen LogP contribution in [0.3, 0.4) is 0 Å². The molecule has 2 rings (SSSR count). The van der Waals surface area contributed by atoms with Gasteiger partial charge in [-0.25, -0.2) is 13.2 Å². The number of halogens is 2. The lowest BCUT2D eigenvalue weighted by Crippen LogP contribution is -2.13. The van der Waals surface area contributed by atoms with Gasteiger partial charge in [0.25, 0.3) is 9.05 Å². The molecule has 116 valence electrons. The molecular weight excluding hydrogens is 380 g/mol. The average Bonchev–Trinajstić information content (AvgIpc) is 2.90. The van der Waals surface area contributed by atoms with Gasteiger partial charge in [0.15, 0.2) is 0 Å². The summed E-state index contributed by atoms with van der Waals surface area (Å²) in [5.74, 6) is -0.0965. The van der Waals surface area contributed by atoms with Crippen molar-refractivity contribution in [1.82, 2.24) is 0 Å². The zero-order chi connectivity index (χ0) is 15.6. The number of aryl methyl sites for hydroxylation is 1. The van der Waals surface area contributed by atoms with Gasteiger partial charge in [0.05, 0.1) is 17.1 Å². The van der Waals surface area contributed by atoms with Gasteiger partial charge in [0, 0.05) is 15.2 Å². The van der Waals surface area contributed by atoms with Gasteiger partial charge in [0.2, 0.25) is 0 Å². The van der Waals surface area contributed by atoms with Gasteiger partial charge in [-0.1, -0.05) is 12.8 Å². The zero-order valence-electron chi connectivity index (χ0n) is 11.6. The molecule has 1 aromatic rings. The van der Waals surface area contributed by atoms with E-state index in [1.54, 1.807) is 13.0 Å². The Balaban J connectivity index is 2.19. The number of hydrogen-bond donors (Lipinski definition) is 0. The van der Waals surface area contributed by atoms with Crippen LogP contribution in [-0.2, 0) is 13.8 Å². The Hall–Kier alpha value is -0.590. The van der Waals surface area contributed by atoms with Crippen molar-refractivity contribution < 1.29 is 17.9 Å². The van der Waals surface area contributed by atoms with E-state index in [2.05, 4.69) is 15.9 Å². The van der Waals surface area contributed by atoms with E-state index in [0.29, 0.717) is 22.6 Å². The van der Waals surface area contributed by atoms with Crippen molar-refractivity contribution >= 4 is 41.6 Å². The minimum absolute atomic E-state index is 0.114. The lowest BCUT2D eigenvalue weighted by atomic mass is 10.1. The molecule has 7 heteroatoms. The number of carbonyl (C=O) groups is 1. The summed E-state index contributed by atoms with van der Waals surface area (Å²) in [7, 11) is 1.46. The Bertz CT molecular complexity index is 651. The summed E-state index contributed by atoms with van der Waals surface area (Å²) in [5.41, 5.74) is 0.817.